The number of ether oxygens (including phenoxy) is 1. The molecule has 5 heteroatoms. The Morgan fingerprint density at radius 3 is 3.05 bits per heavy atom. The number of nitrogens with one attached hydrogen (secondary N) is 1. The Hall–Kier alpha value is -1.88. The van der Waals surface area contributed by atoms with Gasteiger partial charge in [0.2, 0.25) is 0 Å². The number of aromatic nitrogens is 2. The van der Waals surface area contributed by atoms with Crippen molar-refractivity contribution in [1.29, 1.82) is 0 Å². The lowest BCUT2D eigenvalue weighted by molar-refractivity contribution is 0.407. The second-order valence-corrected chi connectivity index (χ2v) is 4.79. The first-order valence-electron chi connectivity index (χ1n) is 6.50. The topological polar surface area (TPSA) is 60.2 Å². The van der Waals surface area contributed by atoms with Crippen molar-refractivity contribution in [1.82, 2.24) is 15.5 Å². The van der Waals surface area contributed by atoms with Crippen molar-refractivity contribution in [2.75, 3.05) is 13.7 Å². The van der Waals surface area contributed by atoms with Gasteiger partial charge in [0.1, 0.15) is 5.75 Å². The third-order valence-corrected chi connectivity index (χ3v) is 3.47. The maximum absolute atomic E-state index is 5.35. The normalized spacial score (nSPS) is 18.7. The molecule has 1 unspecified atom stereocenters. The fourth-order valence-electron chi connectivity index (χ4n) is 2.35. The van der Waals surface area contributed by atoms with E-state index in [1.165, 1.54) is 0 Å². The van der Waals surface area contributed by atoms with Crippen molar-refractivity contribution in [3.05, 3.63) is 29.6 Å². The molecule has 19 heavy (non-hydrogen) atoms. The number of benzene rings is 1. The first-order chi connectivity index (χ1) is 9.28. The SMILES string of the molecule is COc1cc(-c2nc(C3CCCN3)no2)ccc1C. The van der Waals surface area contributed by atoms with Crippen molar-refractivity contribution in [2.24, 2.45) is 0 Å². The van der Waals surface area contributed by atoms with E-state index in [2.05, 4.69) is 15.5 Å². The molecule has 0 amide bonds. The lowest BCUT2D eigenvalue weighted by Gasteiger charge is -2.05. The van der Waals surface area contributed by atoms with E-state index in [9.17, 15) is 0 Å². The zero-order chi connectivity index (χ0) is 13.2. The summed E-state index contributed by atoms with van der Waals surface area (Å²) in [6.07, 6.45) is 2.23. The fraction of sp³-hybridized carbons (Fsp3) is 0.429. The van der Waals surface area contributed by atoms with Gasteiger partial charge in [-0.05, 0) is 44.0 Å². The van der Waals surface area contributed by atoms with Gasteiger partial charge in [-0.15, -0.1) is 0 Å². The van der Waals surface area contributed by atoms with E-state index in [-0.39, 0.29) is 6.04 Å². The van der Waals surface area contributed by atoms with Crippen LogP contribution in [0.2, 0.25) is 0 Å². The van der Waals surface area contributed by atoms with E-state index in [0.717, 1.165) is 42.1 Å². The zero-order valence-electron chi connectivity index (χ0n) is 11.1. The van der Waals surface area contributed by atoms with Crippen LogP contribution in [0.3, 0.4) is 0 Å². The van der Waals surface area contributed by atoms with E-state index in [4.69, 9.17) is 9.26 Å². The Bertz CT molecular complexity index is 574. The van der Waals surface area contributed by atoms with Gasteiger partial charge in [0, 0.05) is 5.56 Å². The summed E-state index contributed by atoms with van der Waals surface area (Å²) >= 11 is 0. The molecule has 1 aromatic heterocycles. The van der Waals surface area contributed by atoms with Gasteiger partial charge in [0.05, 0.1) is 13.2 Å². The number of hydrogen-bond donors (Lipinski definition) is 1. The van der Waals surface area contributed by atoms with Gasteiger partial charge >= 0.3 is 0 Å². The average molecular weight is 259 g/mol. The third-order valence-electron chi connectivity index (χ3n) is 3.47. The molecule has 0 spiro atoms. The molecule has 0 aliphatic carbocycles. The van der Waals surface area contributed by atoms with Crippen molar-refractivity contribution in [3.63, 3.8) is 0 Å². The quantitative estimate of drug-likeness (QED) is 0.917. The van der Waals surface area contributed by atoms with Crippen LogP contribution in [0.1, 0.15) is 30.3 Å². The molecule has 1 aliphatic heterocycles. The summed E-state index contributed by atoms with van der Waals surface area (Å²) in [5.41, 5.74) is 1.97. The summed E-state index contributed by atoms with van der Waals surface area (Å²) in [6.45, 7) is 3.02. The third kappa shape index (κ3) is 2.33. The number of nitrogens with zero attached hydrogens (tertiary/aromatic N) is 2. The van der Waals surface area contributed by atoms with Crippen LogP contribution in [-0.4, -0.2) is 23.8 Å². The maximum atomic E-state index is 5.35. The van der Waals surface area contributed by atoms with Gasteiger partial charge in [0.15, 0.2) is 5.82 Å². The second-order valence-electron chi connectivity index (χ2n) is 4.79. The first-order valence-corrected chi connectivity index (χ1v) is 6.50. The number of rotatable bonds is 3. The smallest absolute Gasteiger partial charge is 0.258 e. The Morgan fingerprint density at radius 1 is 1.42 bits per heavy atom. The summed E-state index contributed by atoms with van der Waals surface area (Å²) in [4.78, 5) is 4.47. The number of methoxy groups -OCH3 is 1. The van der Waals surface area contributed by atoms with Crippen LogP contribution < -0.4 is 10.1 Å². The Kier molecular flexibility index (Phi) is 3.21. The number of aryl methyl sites for hydroxylation is 1. The Labute approximate surface area is 112 Å². The van der Waals surface area contributed by atoms with Crippen LogP contribution in [0.4, 0.5) is 0 Å². The molecule has 2 aromatic rings. The van der Waals surface area contributed by atoms with E-state index in [0.29, 0.717) is 5.89 Å². The van der Waals surface area contributed by atoms with Crippen molar-refractivity contribution in [3.8, 4) is 17.2 Å². The first kappa shape index (κ1) is 12.2. The fourth-order valence-corrected chi connectivity index (χ4v) is 2.35. The van der Waals surface area contributed by atoms with Crippen LogP contribution in [0.15, 0.2) is 22.7 Å². The molecular formula is C14H17N3O2. The molecule has 1 aromatic carbocycles. The lowest BCUT2D eigenvalue weighted by Crippen LogP contribution is -2.14. The second kappa shape index (κ2) is 5.01. The molecule has 3 rings (SSSR count). The van der Waals surface area contributed by atoms with Crippen molar-refractivity contribution in [2.45, 2.75) is 25.8 Å². The van der Waals surface area contributed by atoms with Crippen LogP contribution in [0, 0.1) is 6.92 Å². The predicted octanol–water partition coefficient (Wildman–Crippen LogP) is 2.48. The highest BCUT2D eigenvalue weighted by Crippen LogP contribution is 2.27. The highest BCUT2D eigenvalue weighted by molar-refractivity contribution is 5.57. The van der Waals surface area contributed by atoms with E-state index in [1.807, 2.05) is 25.1 Å². The molecule has 0 radical (unpaired) electrons. The molecule has 1 fully saturated rings. The van der Waals surface area contributed by atoms with Crippen LogP contribution in [0.5, 0.6) is 5.75 Å². The summed E-state index contributed by atoms with van der Waals surface area (Å²) in [6, 6.07) is 6.11. The molecule has 0 saturated carbocycles. The molecule has 1 N–H and O–H groups in total. The van der Waals surface area contributed by atoms with Gasteiger partial charge in [-0.25, -0.2) is 0 Å². The van der Waals surface area contributed by atoms with Gasteiger partial charge in [-0.2, -0.15) is 4.98 Å². The molecule has 0 bridgehead atoms. The zero-order valence-corrected chi connectivity index (χ0v) is 11.1. The van der Waals surface area contributed by atoms with Crippen LogP contribution in [0.25, 0.3) is 11.5 Å². The minimum Gasteiger partial charge on any atom is -0.496 e. The molecule has 2 heterocycles. The molecule has 1 saturated heterocycles. The van der Waals surface area contributed by atoms with E-state index < -0.39 is 0 Å². The van der Waals surface area contributed by atoms with Gasteiger partial charge in [-0.3, -0.25) is 0 Å². The maximum Gasteiger partial charge on any atom is 0.258 e. The highest BCUT2D eigenvalue weighted by atomic mass is 16.5. The molecule has 1 aliphatic rings. The van der Waals surface area contributed by atoms with Gasteiger partial charge in [0.25, 0.3) is 5.89 Å². The highest BCUT2D eigenvalue weighted by Gasteiger charge is 2.22. The Morgan fingerprint density at radius 2 is 2.32 bits per heavy atom. The Balaban J connectivity index is 1.89. The monoisotopic (exact) mass is 259 g/mol. The molecule has 5 nitrogen and oxygen atoms in total. The minimum absolute atomic E-state index is 0.227. The average Bonchev–Trinajstić information content (AvgIpc) is 3.10. The summed E-state index contributed by atoms with van der Waals surface area (Å²) < 4.78 is 10.7. The van der Waals surface area contributed by atoms with Crippen molar-refractivity contribution < 1.29 is 9.26 Å². The predicted molar refractivity (Wildman–Crippen MR) is 71.0 cm³/mol. The standard InChI is InChI=1S/C14H17N3O2/c1-9-5-6-10(8-12(9)18-2)14-16-13(17-19-14)11-4-3-7-15-11/h5-6,8,11,15H,3-4,7H2,1-2H3. The van der Waals surface area contributed by atoms with E-state index in [1.54, 1.807) is 7.11 Å². The number of hydrogen-bond acceptors (Lipinski definition) is 5. The van der Waals surface area contributed by atoms with Crippen LogP contribution in [-0.2, 0) is 0 Å². The van der Waals surface area contributed by atoms with E-state index >= 15 is 0 Å². The molecule has 1 atom stereocenters. The summed E-state index contributed by atoms with van der Waals surface area (Å²) in [7, 11) is 1.66. The van der Waals surface area contributed by atoms with Crippen molar-refractivity contribution >= 4 is 0 Å². The van der Waals surface area contributed by atoms with Gasteiger partial charge in [-0.1, -0.05) is 11.2 Å². The molecular weight excluding hydrogens is 242 g/mol. The van der Waals surface area contributed by atoms with Crippen LogP contribution >= 0.6 is 0 Å². The largest absolute Gasteiger partial charge is 0.496 e. The summed E-state index contributed by atoms with van der Waals surface area (Å²) in [5, 5.41) is 7.42. The minimum atomic E-state index is 0.227. The lowest BCUT2D eigenvalue weighted by atomic mass is 10.1. The summed E-state index contributed by atoms with van der Waals surface area (Å²) in [5.74, 6) is 2.12. The van der Waals surface area contributed by atoms with Gasteiger partial charge < -0.3 is 14.6 Å². The molecule has 100 valence electrons.